The van der Waals surface area contributed by atoms with E-state index in [1.54, 1.807) is 7.11 Å². The minimum Gasteiger partial charge on any atom is -0.495 e. The van der Waals surface area contributed by atoms with Gasteiger partial charge in [0.1, 0.15) is 5.75 Å². The Morgan fingerprint density at radius 2 is 2.05 bits per heavy atom. The first-order chi connectivity index (χ1) is 9.39. The number of nitrogens with zero attached hydrogens (tertiary/aromatic N) is 2. The molecule has 20 heavy (non-hydrogen) atoms. The van der Waals surface area contributed by atoms with Gasteiger partial charge in [0.2, 0.25) is 0 Å². The summed E-state index contributed by atoms with van der Waals surface area (Å²) < 4.78 is 8.10. The first kappa shape index (κ1) is 15.1. The number of hydrogen-bond donors (Lipinski definition) is 1. The molecule has 0 fully saturated rings. The predicted molar refractivity (Wildman–Crippen MR) is 84.4 cm³/mol. The molecule has 4 nitrogen and oxygen atoms in total. The Labute approximate surface area is 128 Å². The molecule has 0 amide bonds. The van der Waals surface area contributed by atoms with E-state index >= 15 is 0 Å². The summed E-state index contributed by atoms with van der Waals surface area (Å²) in [6.45, 7) is 7.18. The Hall–Kier alpha value is -1.33. The fourth-order valence-corrected chi connectivity index (χ4v) is 2.15. The molecular formula is C15H20BrN3O. The number of hydrogen-bond acceptors (Lipinski definition) is 3. The van der Waals surface area contributed by atoms with Gasteiger partial charge >= 0.3 is 0 Å². The summed E-state index contributed by atoms with van der Waals surface area (Å²) in [5.41, 5.74) is 2.08. The van der Waals surface area contributed by atoms with Gasteiger partial charge in [-0.15, -0.1) is 0 Å². The lowest BCUT2D eigenvalue weighted by molar-refractivity contribution is 0.411. The van der Waals surface area contributed by atoms with Crippen LogP contribution in [0.15, 0.2) is 34.9 Å². The van der Waals surface area contributed by atoms with Crippen molar-refractivity contribution in [3.8, 4) is 11.4 Å². The average molecular weight is 338 g/mol. The molecule has 0 unspecified atom stereocenters. The van der Waals surface area contributed by atoms with Crippen molar-refractivity contribution in [2.24, 2.45) is 0 Å². The third-order valence-electron chi connectivity index (χ3n) is 2.84. The van der Waals surface area contributed by atoms with Crippen molar-refractivity contribution >= 4 is 15.9 Å². The summed E-state index contributed by atoms with van der Waals surface area (Å²) in [4.78, 5) is 0. The van der Waals surface area contributed by atoms with Gasteiger partial charge < -0.3 is 10.1 Å². The first-order valence-corrected chi connectivity index (χ1v) is 7.32. The number of aromatic nitrogens is 2. The SMILES string of the molecule is COc1cc(-n2ccc(CNC(C)(C)C)n2)ccc1Br. The van der Waals surface area contributed by atoms with Gasteiger partial charge in [-0.2, -0.15) is 5.10 Å². The zero-order valence-electron chi connectivity index (χ0n) is 12.3. The minimum absolute atomic E-state index is 0.0879. The fourth-order valence-electron chi connectivity index (χ4n) is 1.75. The van der Waals surface area contributed by atoms with Crippen LogP contribution in [0.1, 0.15) is 26.5 Å². The van der Waals surface area contributed by atoms with Gasteiger partial charge in [0.15, 0.2) is 0 Å². The number of ether oxygens (including phenoxy) is 1. The predicted octanol–water partition coefficient (Wildman–Crippen LogP) is 3.53. The summed E-state index contributed by atoms with van der Waals surface area (Å²) >= 11 is 3.45. The van der Waals surface area contributed by atoms with Gasteiger partial charge in [-0.25, -0.2) is 4.68 Å². The second-order valence-corrected chi connectivity index (χ2v) is 6.53. The van der Waals surface area contributed by atoms with Crippen LogP contribution in [0.2, 0.25) is 0 Å². The van der Waals surface area contributed by atoms with Crippen molar-refractivity contribution in [2.45, 2.75) is 32.9 Å². The van der Waals surface area contributed by atoms with E-state index < -0.39 is 0 Å². The Morgan fingerprint density at radius 1 is 1.30 bits per heavy atom. The molecular weight excluding hydrogens is 318 g/mol. The van der Waals surface area contributed by atoms with Crippen molar-refractivity contribution in [3.05, 3.63) is 40.6 Å². The highest BCUT2D eigenvalue weighted by Gasteiger charge is 2.10. The largest absolute Gasteiger partial charge is 0.495 e. The van der Waals surface area contributed by atoms with E-state index in [0.29, 0.717) is 0 Å². The first-order valence-electron chi connectivity index (χ1n) is 6.52. The van der Waals surface area contributed by atoms with Crippen LogP contribution in [-0.2, 0) is 6.54 Å². The average Bonchev–Trinajstić information content (AvgIpc) is 2.85. The number of methoxy groups -OCH3 is 1. The zero-order valence-corrected chi connectivity index (χ0v) is 13.9. The maximum atomic E-state index is 5.31. The Bertz CT molecular complexity index is 587. The molecule has 108 valence electrons. The molecule has 1 aromatic heterocycles. The van der Waals surface area contributed by atoms with Crippen LogP contribution >= 0.6 is 15.9 Å². The highest BCUT2D eigenvalue weighted by atomic mass is 79.9. The van der Waals surface area contributed by atoms with Gasteiger partial charge in [0.05, 0.1) is 23.0 Å². The molecule has 0 aliphatic carbocycles. The summed E-state index contributed by atoms with van der Waals surface area (Å²) in [6.07, 6.45) is 1.96. The molecule has 2 aromatic rings. The third kappa shape index (κ3) is 3.84. The molecule has 1 N–H and O–H groups in total. The molecule has 0 saturated heterocycles. The summed E-state index contributed by atoms with van der Waals surface area (Å²) in [7, 11) is 1.66. The van der Waals surface area contributed by atoms with Crippen LogP contribution in [0.3, 0.4) is 0 Å². The number of benzene rings is 1. The van der Waals surface area contributed by atoms with Gasteiger partial charge in [0.25, 0.3) is 0 Å². The second kappa shape index (κ2) is 5.97. The maximum absolute atomic E-state index is 5.31. The third-order valence-corrected chi connectivity index (χ3v) is 3.50. The molecule has 0 bridgehead atoms. The van der Waals surface area contributed by atoms with Crippen molar-refractivity contribution in [2.75, 3.05) is 7.11 Å². The molecule has 0 atom stereocenters. The van der Waals surface area contributed by atoms with Crippen LogP contribution in [0.5, 0.6) is 5.75 Å². The monoisotopic (exact) mass is 337 g/mol. The normalized spacial score (nSPS) is 11.7. The summed E-state index contributed by atoms with van der Waals surface area (Å²) in [5, 5.41) is 8.00. The van der Waals surface area contributed by atoms with E-state index in [-0.39, 0.29) is 5.54 Å². The maximum Gasteiger partial charge on any atom is 0.135 e. The molecule has 0 aliphatic rings. The van der Waals surface area contributed by atoms with Gasteiger partial charge in [-0.05, 0) is 54.9 Å². The minimum atomic E-state index is 0.0879. The molecule has 1 aromatic carbocycles. The van der Waals surface area contributed by atoms with Gasteiger partial charge in [-0.3, -0.25) is 0 Å². The van der Waals surface area contributed by atoms with E-state index in [4.69, 9.17) is 4.74 Å². The highest BCUT2D eigenvalue weighted by Crippen LogP contribution is 2.27. The summed E-state index contributed by atoms with van der Waals surface area (Å²) in [6, 6.07) is 7.94. The van der Waals surface area contributed by atoms with E-state index in [1.165, 1.54) is 0 Å². The van der Waals surface area contributed by atoms with Crippen LogP contribution in [0.4, 0.5) is 0 Å². The molecule has 0 radical (unpaired) electrons. The van der Waals surface area contributed by atoms with Crippen LogP contribution in [0, 0.1) is 0 Å². The number of nitrogens with one attached hydrogen (secondary N) is 1. The smallest absolute Gasteiger partial charge is 0.135 e. The van der Waals surface area contributed by atoms with Crippen molar-refractivity contribution in [1.82, 2.24) is 15.1 Å². The fraction of sp³-hybridized carbons (Fsp3) is 0.400. The molecule has 0 aliphatic heterocycles. The van der Waals surface area contributed by atoms with Crippen molar-refractivity contribution in [1.29, 1.82) is 0 Å². The van der Waals surface area contributed by atoms with E-state index in [1.807, 2.05) is 35.1 Å². The Balaban J connectivity index is 2.16. The van der Waals surface area contributed by atoms with Gasteiger partial charge in [0, 0.05) is 24.3 Å². The van der Waals surface area contributed by atoms with Crippen LogP contribution in [-0.4, -0.2) is 22.4 Å². The Kier molecular flexibility index (Phi) is 4.50. The number of halogens is 1. The molecule has 2 rings (SSSR count). The summed E-state index contributed by atoms with van der Waals surface area (Å²) in [5.74, 6) is 0.798. The lowest BCUT2D eigenvalue weighted by Gasteiger charge is -2.19. The second-order valence-electron chi connectivity index (χ2n) is 5.67. The lowest BCUT2D eigenvalue weighted by Crippen LogP contribution is -2.35. The molecule has 0 saturated carbocycles. The number of rotatable bonds is 4. The topological polar surface area (TPSA) is 39.1 Å². The molecule has 0 spiro atoms. The lowest BCUT2D eigenvalue weighted by atomic mass is 10.1. The van der Waals surface area contributed by atoms with Crippen LogP contribution < -0.4 is 10.1 Å². The van der Waals surface area contributed by atoms with Crippen LogP contribution in [0.25, 0.3) is 5.69 Å². The van der Waals surface area contributed by atoms with E-state index in [9.17, 15) is 0 Å². The Morgan fingerprint density at radius 3 is 2.70 bits per heavy atom. The standard InChI is InChI=1S/C15H20BrN3O/c1-15(2,3)17-10-11-7-8-19(18-11)12-5-6-13(16)14(9-12)20-4/h5-9,17H,10H2,1-4H3. The van der Waals surface area contributed by atoms with Crippen molar-refractivity contribution in [3.63, 3.8) is 0 Å². The molecule has 1 heterocycles. The zero-order chi connectivity index (χ0) is 14.8. The van der Waals surface area contributed by atoms with Crippen molar-refractivity contribution < 1.29 is 4.74 Å². The van der Waals surface area contributed by atoms with Gasteiger partial charge in [-0.1, -0.05) is 0 Å². The molecule has 5 heteroatoms. The highest BCUT2D eigenvalue weighted by molar-refractivity contribution is 9.10. The van der Waals surface area contributed by atoms with E-state index in [0.717, 1.165) is 28.1 Å². The quantitative estimate of drug-likeness (QED) is 0.927. The van der Waals surface area contributed by atoms with E-state index in [2.05, 4.69) is 47.1 Å².